The summed E-state index contributed by atoms with van der Waals surface area (Å²) in [5, 5.41) is 0. The summed E-state index contributed by atoms with van der Waals surface area (Å²) >= 11 is 0. The van der Waals surface area contributed by atoms with Gasteiger partial charge in [0.1, 0.15) is 11.5 Å². The summed E-state index contributed by atoms with van der Waals surface area (Å²) in [5.41, 5.74) is 2.58. The van der Waals surface area contributed by atoms with Crippen molar-refractivity contribution < 1.29 is 19.1 Å². The van der Waals surface area contributed by atoms with Gasteiger partial charge in [-0.1, -0.05) is 24.3 Å². The van der Waals surface area contributed by atoms with E-state index in [2.05, 4.69) is 0 Å². The average molecular weight is 423 g/mol. The third-order valence-corrected chi connectivity index (χ3v) is 6.56. The number of carbonyl (C=O) groups excluding carboxylic acids is 2. The summed E-state index contributed by atoms with van der Waals surface area (Å²) in [7, 11) is 3.24. The Balaban J connectivity index is 1.68. The average Bonchev–Trinajstić information content (AvgIpc) is 3.48. The van der Waals surface area contributed by atoms with Crippen molar-refractivity contribution in [2.45, 2.75) is 25.7 Å². The van der Waals surface area contributed by atoms with Gasteiger partial charge in [0.05, 0.1) is 20.1 Å². The highest BCUT2D eigenvalue weighted by Crippen LogP contribution is 2.40. The molecule has 2 fully saturated rings. The second-order valence-electron chi connectivity index (χ2n) is 8.38. The van der Waals surface area contributed by atoms with E-state index in [-0.39, 0.29) is 23.7 Å². The lowest BCUT2D eigenvalue weighted by Crippen LogP contribution is -2.37. The zero-order chi connectivity index (χ0) is 22.0. The highest BCUT2D eigenvalue weighted by Gasteiger charge is 2.43. The summed E-state index contributed by atoms with van der Waals surface area (Å²) in [6.45, 7) is 4.45. The number of nitrogens with zero attached hydrogens (tertiary/aromatic N) is 2. The maximum atomic E-state index is 13.4. The number of methoxy groups -OCH3 is 2. The maximum absolute atomic E-state index is 13.4. The molecule has 2 saturated heterocycles. The van der Waals surface area contributed by atoms with E-state index < -0.39 is 0 Å². The van der Waals surface area contributed by atoms with Crippen LogP contribution in [0, 0.1) is 12.8 Å². The number of likely N-dealkylation sites (tertiary alicyclic amines) is 2. The smallest absolute Gasteiger partial charge is 0.254 e. The second-order valence-corrected chi connectivity index (χ2v) is 8.38. The fourth-order valence-corrected chi connectivity index (χ4v) is 4.81. The van der Waals surface area contributed by atoms with E-state index in [9.17, 15) is 9.59 Å². The highest BCUT2D eigenvalue weighted by atomic mass is 16.5. The van der Waals surface area contributed by atoms with E-state index in [0.29, 0.717) is 30.2 Å². The monoisotopic (exact) mass is 422 g/mol. The number of amides is 2. The van der Waals surface area contributed by atoms with Crippen LogP contribution >= 0.6 is 0 Å². The van der Waals surface area contributed by atoms with Crippen molar-refractivity contribution in [2.24, 2.45) is 5.92 Å². The van der Waals surface area contributed by atoms with Gasteiger partial charge >= 0.3 is 0 Å². The summed E-state index contributed by atoms with van der Waals surface area (Å²) in [5.74, 6) is 1.10. The molecule has 2 aliphatic rings. The van der Waals surface area contributed by atoms with E-state index >= 15 is 0 Å². The summed E-state index contributed by atoms with van der Waals surface area (Å²) in [6.07, 6.45) is 2.08. The number of hydrogen-bond acceptors (Lipinski definition) is 4. The SMILES string of the molecule is COc1ccc([C@@H]2CN(C(=O)c3ccccc3C)C[C@H]2C(=O)N2CCCC2)c(OC)c1. The number of carbonyl (C=O) groups is 2. The van der Waals surface area contributed by atoms with Crippen molar-refractivity contribution in [2.75, 3.05) is 40.4 Å². The van der Waals surface area contributed by atoms with Gasteiger partial charge in [0.15, 0.2) is 0 Å². The zero-order valence-electron chi connectivity index (χ0n) is 18.5. The minimum absolute atomic E-state index is 0.0210. The lowest BCUT2D eigenvalue weighted by atomic mass is 9.87. The van der Waals surface area contributed by atoms with Gasteiger partial charge in [-0.2, -0.15) is 0 Å². The van der Waals surface area contributed by atoms with Crippen LogP contribution in [-0.4, -0.2) is 62.0 Å². The number of hydrogen-bond donors (Lipinski definition) is 0. The molecule has 0 bridgehead atoms. The van der Waals surface area contributed by atoms with Crippen LogP contribution in [0.5, 0.6) is 11.5 Å². The van der Waals surface area contributed by atoms with Gasteiger partial charge in [0.2, 0.25) is 5.91 Å². The molecular weight excluding hydrogens is 392 g/mol. The first-order valence-corrected chi connectivity index (χ1v) is 10.9. The molecule has 0 N–H and O–H groups in total. The Labute approximate surface area is 183 Å². The van der Waals surface area contributed by atoms with Crippen molar-refractivity contribution in [3.05, 3.63) is 59.2 Å². The Bertz CT molecular complexity index is 968. The van der Waals surface area contributed by atoms with E-state index in [0.717, 1.165) is 37.1 Å². The van der Waals surface area contributed by atoms with Crippen molar-refractivity contribution in [1.29, 1.82) is 0 Å². The quantitative estimate of drug-likeness (QED) is 0.740. The molecule has 2 amide bonds. The van der Waals surface area contributed by atoms with Crippen LogP contribution in [0.15, 0.2) is 42.5 Å². The van der Waals surface area contributed by atoms with Gasteiger partial charge < -0.3 is 19.3 Å². The predicted molar refractivity (Wildman–Crippen MR) is 119 cm³/mol. The van der Waals surface area contributed by atoms with Crippen LogP contribution in [0.1, 0.15) is 40.2 Å². The molecular formula is C25H30N2O4. The van der Waals surface area contributed by atoms with Gasteiger partial charge in [-0.25, -0.2) is 0 Å². The molecule has 2 aromatic rings. The van der Waals surface area contributed by atoms with E-state index in [1.54, 1.807) is 14.2 Å². The predicted octanol–water partition coefficient (Wildman–Crippen LogP) is 3.49. The Hall–Kier alpha value is -3.02. The van der Waals surface area contributed by atoms with Crippen LogP contribution in [-0.2, 0) is 4.79 Å². The first kappa shape index (κ1) is 21.2. The van der Waals surface area contributed by atoms with Crippen molar-refractivity contribution in [3.63, 3.8) is 0 Å². The zero-order valence-corrected chi connectivity index (χ0v) is 18.5. The number of ether oxygens (including phenoxy) is 2. The molecule has 164 valence electrons. The molecule has 0 aliphatic carbocycles. The van der Waals surface area contributed by atoms with Crippen LogP contribution in [0.25, 0.3) is 0 Å². The van der Waals surface area contributed by atoms with Crippen LogP contribution < -0.4 is 9.47 Å². The summed E-state index contributed by atoms with van der Waals surface area (Å²) in [4.78, 5) is 30.6. The molecule has 2 heterocycles. The fourth-order valence-electron chi connectivity index (χ4n) is 4.81. The molecule has 6 heteroatoms. The van der Waals surface area contributed by atoms with Gasteiger partial charge in [-0.3, -0.25) is 9.59 Å². The molecule has 4 rings (SSSR count). The fraction of sp³-hybridized carbons (Fsp3) is 0.440. The van der Waals surface area contributed by atoms with E-state index in [1.165, 1.54) is 0 Å². The summed E-state index contributed by atoms with van der Waals surface area (Å²) in [6, 6.07) is 13.3. The molecule has 0 aromatic heterocycles. The van der Waals surface area contributed by atoms with Crippen molar-refractivity contribution >= 4 is 11.8 Å². The molecule has 0 unspecified atom stereocenters. The van der Waals surface area contributed by atoms with Crippen molar-refractivity contribution in [1.82, 2.24) is 9.80 Å². The Morgan fingerprint density at radius 2 is 1.68 bits per heavy atom. The number of benzene rings is 2. The summed E-state index contributed by atoms with van der Waals surface area (Å²) < 4.78 is 11.0. The molecule has 31 heavy (non-hydrogen) atoms. The van der Waals surface area contributed by atoms with Gasteiger partial charge in [-0.05, 0) is 37.5 Å². The van der Waals surface area contributed by atoms with Crippen molar-refractivity contribution in [3.8, 4) is 11.5 Å². The maximum Gasteiger partial charge on any atom is 0.254 e. The first-order valence-electron chi connectivity index (χ1n) is 10.9. The van der Waals surface area contributed by atoms with Gasteiger partial charge in [-0.15, -0.1) is 0 Å². The Morgan fingerprint density at radius 1 is 0.935 bits per heavy atom. The third-order valence-electron chi connectivity index (χ3n) is 6.56. The Kier molecular flexibility index (Phi) is 6.16. The van der Waals surface area contributed by atoms with E-state index in [4.69, 9.17) is 9.47 Å². The molecule has 0 saturated carbocycles. The lowest BCUT2D eigenvalue weighted by Gasteiger charge is -2.25. The highest BCUT2D eigenvalue weighted by molar-refractivity contribution is 5.96. The van der Waals surface area contributed by atoms with Gasteiger partial charge in [0, 0.05) is 49.3 Å². The minimum Gasteiger partial charge on any atom is -0.497 e. The first-order chi connectivity index (χ1) is 15.0. The molecule has 0 spiro atoms. The molecule has 0 radical (unpaired) electrons. The van der Waals surface area contributed by atoms with Crippen LogP contribution in [0.4, 0.5) is 0 Å². The third kappa shape index (κ3) is 4.11. The standard InChI is InChI=1S/C25H30N2O4/c1-17-8-4-5-9-19(17)24(28)27-15-21(20-11-10-18(30-2)14-23(20)31-3)22(16-27)25(29)26-12-6-7-13-26/h4-5,8-11,14,21-22H,6-7,12-13,15-16H2,1-3H3/t21-,22+/m0/s1. The van der Waals surface area contributed by atoms with Crippen LogP contribution in [0.3, 0.4) is 0 Å². The second kappa shape index (κ2) is 9.00. The molecule has 2 aromatic carbocycles. The van der Waals surface area contributed by atoms with E-state index in [1.807, 2.05) is 59.2 Å². The largest absolute Gasteiger partial charge is 0.497 e. The normalized spacial score (nSPS) is 20.7. The Morgan fingerprint density at radius 3 is 2.35 bits per heavy atom. The molecule has 2 aliphatic heterocycles. The lowest BCUT2D eigenvalue weighted by molar-refractivity contribution is -0.134. The minimum atomic E-state index is -0.284. The topological polar surface area (TPSA) is 59.1 Å². The van der Waals surface area contributed by atoms with Crippen LogP contribution in [0.2, 0.25) is 0 Å². The number of aryl methyl sites for hydroxylation is 1. The molecule has 2 atom stereocenters. The molecule has 6 nitrogen and oxygen atoms in total. The number of rotatable bonds is 5. The van der Waals surface area contributed by atoms with Gasteiger partial charge in [0.25, 0.3) is 5.91 Å².